The molecule has 0 bridgehead atoms. The van der Waals surface area contributed by atoms with Gasteiger partial charge in [0.15, 0.2) is 0 Å². The first kappa shape index (κ1) is 24.1. The fourth-order valence-electron chi connectivity index (χ4n) is 2.71. The largest absolute Gasteiger partial charge is 0.488 e. The summed E-state index contributed by atoms with van der Waals surface area (Å²) < 4.78 is 5.82. The second-order valence-electron chi connectivity index (χ2n) is 7.48. The van der Waals surface area contributed by atoms with Gasteiger partial charge in [-0.1, -0.05) is 29.8 Å². The summed E-state index contributed by atoms with van der Waals surface area (Å²) in [7, 11) is 0. The monoisotopic (exact) mass is 426 g/mol. The van der Waals surface area contributed by atoms with Crippen LogP contribution in [0.3, 0.4) is 0 Å². The van der Waals surface area contributed by atoms with Gasteiger partial charge in [-0.25, -0.2) is 0 Å². The molecule has 2 rings (SSSR count). The van der Waals surface area contributed by atoms with Crippen molar-refractivity contribution < 1.29 is 14.6 Å². The van der Waals surface area contributed by atoms with Crippen molar-refractivity contribution in [3.8, 4) is 5.75 Å². The van der Waals surface area contributed by atoms with Gasteiger partial charge in [0.05, 0.1) is 17.1 Å². The van der Waals surface area contributed by atoms with Gasteiger partial charge < -0.3 is 20.9 Å². The molecule has 0 radical (unpaired) electrons. The number of hydrogen-bond acceptors (Lipinski definition) is 4. The van der Waals surface area contributed by atoms with Gasteiger partial charge in [-0.3, -0.25) is 4.79 Å². The van der Waals surface area contributed by atoms with E-state index in [0.717, 1.165) is 22.6 Å². The van der Waals surface area contributed by atoms with Gasteiger partial charge in [0.2, 0.25) is 0 Å². The van der Waals surface area contributed by atoms with Gasteiger partial charge in [0.25, 0.3) is 0 Å². The van der Waals surface area contributed by atoms with Gasteiger partial charge in [-0.2, -0.15) is 0 Å². The number of carboxylic acid groups (broad SMARTS) is 1. The maximum Gasteiger partial charge on any atom is 0.304 e. The van der Waals surface area contributed by atoms with Gasteiger partial charge in [0, 0.05) is 12.5 Å². The Kier molecular flexibility index (Phi) is 9.08. The summed E-state index contributed by atoms with van der Waals surface area (Å²) in [5.74, 6) is -0.285. The Bertz CT molecular complexity index is 774. The number of anilines is 1. The maximum absolute atomic E-state index is 11.0. The van der Waals surface area contributed by atoms with Crippen LogP contribution in [0.5, 0.6) is 5.75 Å². The van der Waals surface area contributed by atoms with Crippen LogP contribution >= 0.6 is 24.0 Å². The number of carboxylic acids is 1. The number of nitrogens with one attached hydrogen (secondary N) is 1. The summed E-state index contributed by atoms with van der Waals surface area (Å²) >= 11 is 6.28. The molecule has 1 atom stereocenters. The van der Waals surface area contributed by atoms with Gasteiger partial charge in [0.1, 0.15) is 11.4 Å². The summed E-state index contributed by atoms with van der Waals surface area (Å²) in [5, 5.41) is 12.9. The summed E-state index contributed by atoms with van der Waals surface area (Å²) in [5.41, 5.74) is 8.20. The molecule has 0 amide bonds. The molecule has 4 N–H and O–H groups in total. The normalized spacial score (nSPS) is 12.0. The van der Waals surface area contributed by atoms with Gasteiger partial charge in [-0.05, 0) is 62.7 Å². The molecule has 28 heavy (non-hydrogen) atoms. The van der Waals surface area contributed by atoms with E-state index in [1.54, 1.807) is 6.07 Å². The molecule has 2 aromatic rings. The highest BCUT2D eigenvalue weighted by molar-refractivity contribution is 6.33. The van der Waals surface area contributed by atoms with Crippen LogP contribution in [0, 0.1) is 0 Å². The number of nitrogens with two attached hydrogens (primary N) is 1. The van der Waals surface area contributed by atoms with Crippen LogP contribution in [0.1, 0.15) is 44.2 Å². The summed E-state index contributed by atoms with van der Waals surface area (Å²) in [6.07, 6.45) is -0.00713. The molecule has 0 spiro atoms. The average molecular weight is 427 g/mol. The Hall–Kier alpha value is -1.95. The van der Waals surface area contributed by atoms with Crippen LogP contribution in [-0.2, 0) is 11.3 Å². The first-order chi connectivity index (χ1) is 12.7. The molecule has 0 aliphatic heterocycles. The average Bonchev–Trinajstić information content (AvgIpc) is 2.59. The standard InChI is InChI=1S/C21H27ClN2O3.ClH/c1-21(2,3)27-17-7-4-14(5-8-17)13-24-19-10-15(6-9-18(19)22)16(12-23)11-20(25)26;/h4-10,16,24H,11-13,23H2,1-3H3,(H,25,26);1H/t16-;/m0./s1. The zero-order valence-corrected chi connectivity index (χ0v) is 17.9. The van der Waals surface area contributed by atoms with E-state index in [1.807, 2.05) is 57.2 Å². The highest BCUT2D eigenvalue weighted by Gasteiger charge is 2.15. The van der Waals surface area contributed by atoms with Crippen molar-refractivity contribution in [1.82, 2.24) is 0 Å². The number of ether oxygens (including phenoxy) is 1. The number of halogens is 2. The molecule has 0 aliphatic rings. The molecule has 0 unspecified atom stereocenters. The molecule has 5 nitrogen and oxygen atoms in total. The topological polar surface area (TPSA) is 84.6 Å². The van der Waals surface area contributed by atoms with E-state index >= 15 is 0 Å². The second kappa shape index (κ2) is 10.6. The fraction of sp³-hybridized carbons (Fsp3) is 0.381. The summed E-state index contributed by atoms with van der Waals surface area (Å²) in [6.45, 7) is 6.89. The minimum atomic E-state index is -0.868. The van der Waals surface area contributed by atoms with E-state index in [-0.39, 0.29) is 36.9 Å². The molecule has 2 aromatic carbocycles. The molecule has 7 heteroatoms. The Labute approximate surface area is 177 Å². The van der Waals surface area contributed by atoms with Crippen LogP contribution in [0.4, 0.5) is 5.69 Å². The van der Waals surface area contributed by atoms with Crippen molar-refractivity contribution in [1.29, 1.82) is 0 Å². The first-order valence-corrected chi connectivity index (χ1v) is 9.29. The van der Waals surface area contributed by atoms with Crippen molar-refractivity contribution in [2.24, 2.45) is 5.73 Å². The van der Waals surface area contributed by atoms with Gasteiger partial charge >= 0.3 is 5.97 Å². The third kappa shape index (κ3) is 7.58. The lowest BCUT2D eigenvalue weighted by atomic mass is 9.95. The molecular formula is C21H28Cl2N2O3. The molecule has 0 saturated carbocycles. The lowest BCUT2D eigenvalue weighted by molar-refractivity contribution is -0.137. The minimum absolute atomic E-state index is 0. The molecule has 0 fully saturated rings. The lowest BCUT2D eigenvalue weighted by Crippen LogP contribution is -2.22. The maximum atomic E-state index is 11.0. The molecule has 0 heterocycles. The Morgan fingerprint density at radius 2 is 1.86 bits per heavy atom. The van der Waals surface area contributed by atoms with E-state index in [9.17, 15) is 4.79 Å². The van der Waals surface area contributed by atoms with Crippen molar-refractivity contribution in [2.75, 3.05) is 11.9 Å². The predicted octanol–water partition coefficient (Wildman–Crippen LogP) is 5.07. The number of rotatable bonds is 8. The first-order valence-electron chi connectivity index (χ1n) is 8.91. The van der Waals surface area contributed by atoms with Crippen molar-refractivity contribution in [3.63, 3.8) is 0 Å². The van der Waals surface area contributed by atoms with Gasteiger partial charge in [-0.15, -0.1) is 12.4 Å². The Morgan fingerprint density at radius 1 is 1.21 bits per heavy atom. The quantitative estimate of drug-likeness (QED) is 0.548. The van der Waals surface area contributed by atoms with E-state index in [1.165, 1.54) is 0 Å². The van der Waals surface area contributed by atoms with E-state index < -0.39 is 5.97 Å². The zero-order chi connectivity index (χ0) is 20.0. The number of hydrogen-bond donors (Lipinski definition) is 3. The SMILES string of the molecule is CC(C)(C)Oc1ccc(CNc2cc([C@H](CN)CC(=O)O)ccc2Cl)cc1.Cl. The van der Waals surface area contributed by atoms with Crippen LogP contribution in [0.2, 0.25) is 5.02 Å². The Balaban J connectivity index is 0.00000392. The molecule has 154 valence electrons. The highest BCUT2D eigenvalue weighted by Crippen LogP contribution is 2.29. The van der Waals surface area contributed by atoms with Crippen molar-refractivity contribution in [3.05, 3.63) is 58.6 Å². The molecule has 0 aliphatic carbocycles. The highest BCUT2D eigenvalue weighted by atomic mass is 35.5. The summed E-state index contributed by atoms with van der Waals surface area (Å²) in [6, 6.07) is 13.4. The van der Waals surface area contributed by atoms with E-state index in [0.29, 0.717) is 11.6 Å². The zero-order valence-electron chi connectivity index (χ0n) is 16.4. The van der Waals surface area contributed by atoms with Crippen LogP contribution in [0.25, 0.3) is 0 Å². The molecule has 0 aromatic heterocycles. The number of benzene rings is 2. The van der Waals surface area contributed by atoms with Crippen molar-refractivity contribution in [2.45, 2.75) is 45.3 Å². The second-order valence-corrected chi connectivity index (χ2v) is 7.89. The predicted molar refractivity (Wildman–Crippen MR) is 117 cm³/mol. The van der Waals surface area contributed by atoms with Crippen LogP contribution in [-0.4, -0.2) is 23.2 Å². The molecule has 0 saturated heterocycles. The van der Waals surface area contributed by atoms with E-state index in [2.05, 4.69) is 5.32 Å². The third-order valence-electron chi connectivity index (χ3n) is 4.00. The molecular weight excluding hydrogens is 399 g/mol. The van der Waals surface area contributed by atoms with Crippen molar-refractivity contribution >= 4 is 35.7 Å². The third-order valence-corrected chi connectivity index (χ3v) is 4.33. The van der Waals surface area contributed by atoms with Crippen LogP contribution in [0.15, 0.2) is 42.5 Å². The summed E-state index contributed by atoms with van der Waals surface area (Å²) in [4.78, 5) is 11.0. The van der Waals surface area contributed by atoms with Crippen LogP contribution < -0.4 is 15.8 Å². The Morgan fingerprint density at radius 3 is 2.39 bits per heavy atom. The lowest BCUT2D eigenvalue weighted by Gasteiger charge is -2.21. The smallest absolute Gasteiger partial charge is 0.304 e. The fourth-order valence-corrected chi connectivity index (χ4v) is 2.89. The number of carbonyl (C=O) groups is 1. The minimum Gasteiger partial charge on any atom is -0.488 e. The number of aliphatic carboxylic acids is 1. The van der Waals surface area contributed by atoms with E-state index in [4.69, 9.17) is 27.2 Å².